The molecule has 2 fully saturated rings. The lowest BCUT2D eigenvalue weighted by molar-refractivity contribution is -0.117. The highest BCUT2D eigenvalue weighted by atomic mass is 16.5. The van der Waals surface area contributed by atoms with E-state index in [4.69, 9.17) is 4.74 Å². The van der Waals surface area contributed by atoms with Gasteiger partial charge in [-0.2, -0.15) is 4.98 Å². The van der Waals surface area contributed by atoms with E-state index in [1.165, 1.54) is 25.6 Å². The SMILES string of the molecule is COc1ncnc2c1NC(=O)C1CC3CCCCC3N21. The van der Waals surface area contributed by atoms with Crippen molar-refractivity contribution in [2.45, 2.75) is 44.2 Å². The van der Waals surface area contributed by atoms with Crippen LogP contribution >= 0.6 is 0 Å². The first-order valence-corrected chi connectivity index (χ1v) is 7.28. The first-order chi connectivity index (χ1) is 9.79. The Kier molecular flexibility index (Phi) is 2.58. The summed E-state index contributed by atoms with van der Waals surface area (Å²) in [5.41, 5.74) is 0.627. The highest BCUT2D eigenvalue weighted by molar-refractivity contribution is 6.04. The number of aromatic nitrogens is 2. The Balaban J connectivity index is 1.82. The minimum absolute atomic E-state index is 0.0556. The van der Waals surface area contributed by atoms with Crippen molar-refractivity contribution in [3.63, 3.8) is 0 Å². The summed E-state index contributed by atoms with van der Waals surface area (Å²) in [5, 5.41) is 2.93. The number of hydrogen-bond donors (Lipinski definition) is 1. The molecule has 0 aromatic carbocycles. The van der Waals surface area contributed by atoms with Crippen molar-refractivity contribution in [2.75, 3.05) is 17.3 Å². The van der Waals surface area contributed by atoms with Crippen molar-refractivity contribution in [2.24, 2.45) is 5.92 Å². The van der Waals surface area contributed by atoms with E-state index in [2.05, 4.69) is 20.2 Å². The number of carbonyl (C=O) groups is 1. The highest BCUT2D eigenvalue weighted by Crippen LogP contribution is 2.47. The molecule has 6 heteroatoms. The number of rotatable bonds is 1. The van der Waals surface area contributed by atoms with Gasteiger partial charge in [-0.25, -0.2) is 4.98 Å². The third-order valence-corrected chi connectivity index (χ3v) is 4.87. The molecule has 1 saturated heterocycles. The second-order valence-electron chi connectivity index (χ2n) is 5.84. The van der Waals surface area contributed by atoms with E-state index in [-0.39, 0.29) is 11.9 Å². The molecule has 3 heterocycles. The molecule has 1 aromatic rings. The van der Waals surface area contributed by atoms with Gasteiger partial charge >= 0.3 is 0 Å². The molecule has 3 unspecified atom stereocenters. The number of ether oxygens (including phenoxy) is 1. The van der Waals surface area contributed by atoms with Gasteiger partial charge in [0.1, 0.15) is 18.1 Å². The molecule has 0 bridgehead atoms. The van der Waals surface area contributed by atoms with Gasteiger partial charge in [0.25, 0.3) is 0 Å². The Hall–Kier alpha value is -1.85. The lowest BCUT2D eigenvalue weighted by Crippen LogP contribution is -2.48. The fourth-order valence-electron chi connectivity index (χ4n) is 4.03. The second kappa shape index (κ2) is 4.33. The van der Waals surface area contributed by atoms with Gasteiger partial charge in [0.2, 0.25) is 11.8 Å². The van der Waals surface area contributed by atoms with Crippen LogP contribution in [0.15, 0.2) is 6.33 Å². The monoisotopic (exact) mass is 274 g/mol. The molecule has 6 nitrogen and oxygen atoms in total. The van der Waals surface area contributed by atoms with Crippen molar-refractivity contribution in [3.8, 4) is 5.88 Å². The quantitative estimate of drug-likeness (QED) is 0.842. The number of nitrogens with one attached hydrogen (secondary N) is 1. The van der Waals surface area contributed by atoms with Crippen LogP contribution in [0.4, 0.5) is 11.5 Å². The van der Waals surface area contributed by atoms with Crippen molar-refractivity contribution in [3.05, 3.63) is 6.33 Å². The number of fused-ring (bicyclic) bond motifs is 5. The molecule has 1 aromatic heterocycles. The van der Waals surface area contributed by atoms with Crippen LogP contribution < -0.4 is 15.0 Å². The summed E-state index contributed by atoms with van der Waals surface area (Å²) in [6.45, 7) is 0. The molecule has 0 spiro atoms. The van der Waals surface area contributed by atoms with Gasteiger partial charge in [0, 0.05) is 6.04 Å². The number of methoxy groups -OCH3 is 1. The second-order valence-corrected chi connectivity index (χ2v) is 5.84. The van der Waals surface area contributed by atoms with Crippen molar-refractivity contribution >= 4 is 17.4 Å². The Morgan fingerprint density at radius 3 is 3.05 bits per heavy atom. The molecule has 1 aliphatic carbocycles. The first kappa shape index (κ1) is 11.9. The zero-order chi connectivity index (χ0) is 13.7. The van der Waals surface area contributed by atoms with Crippen molar-refractivity contribution in [1.29, 1.82) is 0 Å². The van der Waals surface area contributed by atoms with E-state index in [0.29, 0.717) is 23.5 Å². The normalized spacial score (nSPS) is 31.1. The van der Waals surface area contributed by atoms with Crippen LogP contribution in [0, 0.1) is 5.92 Å². The molecule has 3 atom stereocenters. The number of anilines is 2. The van der Waals surface area contributed by atoms with E-state index in [1.54, 1.807) is 7.11 Å². The van der Waals surface area contributed by atoms with Gasteiger partial charge in [-0.3, -0.25) is 4.79 Å². The Morgan fingerprint density at radius 2 is 2.20 bits per heavy atom. The van der Waals surface area contributed by atoms with Gasteiger partial charge in [-0.15, -0.1) is 0 Å². The lowest BCUT2D eigenvalue weighted by Gasteiger charge is -2.37. The first-order valence-electron chi connectivity index (χ1n) is 7.28. The van der Waals surface area contributed by atoms with E-state index < -0.39 is 0 Å². The summed E-state index contributed by atoms with van der Waals surface area (Å²) in [6, 6.07) is 0.369. The van der Waals surface area contributed by atoms with E-state index >= 15 is 0 Å². The largest absolute Gasteiger partial charge is 0.479 e. The van der Waals surface area contributed by atoms with Gasteiger partial charge in [-0.1, -0.05) is 12.8 Å². The van der Waals surface area contributed by atoms with Crippen LogP contribution in [0.3, 0.4) is 0 Å². The molecule has 2 aliphatic heterocycles. The minimum atomic E-state index is -0.0739. The van der Waals surface area contributed by atoms with Gasteiger partial charge < -0.3 is 15.0 Å². The van der Waals surface area contributed by atoms with Crippen LogP contribution in [0.25, 0.3) is 0 Å². The number of amides is 1. The Labute approximate surface area is 117 Å². The molecular weight excluding hydrogens is 256 g/mol. The predicted molar refractivity (Wildman–Crippen MR) is 73.8 cm³/mol. The van der Waals surface area contributed by atoms with E-state index in [9.17, 15) is 4.79 Å². The smallest absolute Gasteiger partial charge is 0.247 e. The summed E-state index contributed by atoms with van der Waals surface area (Å²) >= 11 is 0. The van der Waals surface area contributed by atoms with Crippen LogP contribution in [0.1, 0.15) is 32.1 Å². The van der Waals surface area contributed by atoms with Crippen molar-refractivity contribution < 1.29 is 9.53 Å². The maximum absolute atomic E-state index is 12.4. The van der Waals surface area contributed by atoms with E-state index in [0.717, 1.165) is 18.7 Å². The molecule has 1 saturated carbocycles. The van der Waals surface area contributed by atoms with Crippen LogP contribution in [-0.2, 0) is 4.79 Å². The number of hydrogen-bond acceptors (Lipinski definition) is 5. The highest BCUT2D eigenvalue weighted by Gasteiger charge is 2.49. The summed E-state index contributed by atoms with van der Waals surface area (Å²) in [6.07, 6.45) is 7.36. The van der Waals surface area contributed by atoms with Gasteiger partial charge in [-0.05, 0) is 25.2 Å². The van der Waals surface area contributed by atoms with Gasteiger partial charge in [0.15, 0.2) is 5.82 Å². The summed E-state index contributed by atoms with van der Waals surface area (Å²) in [4.78, 5) is 23.1. The van der Waals surface area contributed by atoms with Crippen molar-refractivity contribution in [1.82, 2.24) is 9.97 Å². The van der Waals surface area contributed by atoms with Crippen LogP contribution in [0.2, 0.25) is 0 Å². The zero-order valence-electron chi connectivity index (χ0n) is 11.5. The Bertz CT molecular complexity index is 562. The fraction of sp³-hybridized carbons (Fsp3) is 0.643. The molecule has 4 rings (SSSR count). The molecule has 3 aliphatic rings. The van der Waals surface area contributed by atoms with E-state index in [1.807, 2.05) is 0 Å². The third kappa shape index (κ3) is 1.53. The average molecular weight is 274 g/mol. The number of nitrogens with zero attached hydrogens (tertiary/aromatic N) is 3. The zero-order valence-corrected chi connectivity index (χ0v) is 11.5. The predicted octanol–water partition coefficient (Wildman–Crippen LogP) is 1.57. The fourth-order valence-corrected chi connectivity index (χ4v) is 4.03. The van der Waals surface area contributed by atoms with Crippen LogP contribution in [-0.4, -0.2) is 35.1 Å². The molecule has 1 N–H and O–H groups in total. The lowest BCUT2D eigenvalue weighted by atomic mass is 9.85. The molecular formula is C14H18N4O2. The molecule has 0 radical (unpaired) electrons. The number of carbonyl (C=O) groups excluding carboxylic acids is 1. The Morgan fingerprint density at radius 1 is 1.35 bits per heavy atom. The third-order valence-electron chi connectivity index (χ3n) is 4.87. The summed E-state index contributed by atoms with van der Waals surface area (Å²) in [5.74, 6) is 1.95. The maximum Gasteiger partial charge on any atom is 0.247 e. The topological polar surface area (TPSA) is 67.4 Å². The molecule has 106 valence electrons. The molecule has 20 heavy (non-hydrogen) atoms. The minimum Gasteiger partial charge on any atom is -0.479 e. The summed E-state index contributed by atoms with van der Waals surface area (Å²) in [7, 11) is 1.56. The molecule has 1 amide bonds. The standard InChI is InChI=1S/C14H18N4O2/c1-20-14-11-12(15-7-16-14)18-9-5-3-2-4-8(9)6-10(18)13(19)17-11/h7-10H,2-6H2,1H3,(H,17,19). The summed E-state index contributed by atoms with van der Waals surface area (Å²) < 4.78 is 5.25. The van der Waals surface area contributed by atoms with Gasteiger partial charge in [0.05, 0.1) is 7.11 Å². The maximum atomic E-state index is 12.4. The average Bonchev–Trinajstić information content (AvgIpc) is 2.87. The van der Waals surface area contributed by atoms with Crippen LogP contribution in [0.5, 0.6) is 5.88 Å².